The number of likely N-dealkylation sites (N-methyl/N-ethyl adjacent to an activating group) is 1. The highest BCUT2D eigenvalue weighted by atomic mass is 79.9. The molecule has 2 aromatic carbocycles. The number of nitrogens with zero attached hydrogens (tertiary/aromatic N) is 4. The lowest BCUT2D eigenvalue weighted by molar-refractivity contribution is -0.131. The Morgan fingerprint density at radius 2 is 1.57 bits per heavy atom. The monoisotopic (exact) mass is 710 g/mol. The van der Waals surface area contributed by atoms with Gasteiger partial charge in [0.15, 0.2) is 11.6 Å². The summed E-state index contributed by atoms with van der Waals surface area (Å²) >= 11 is 3.55. The van der Waals surface area contributed by atoms with Gasteiger partial charge < -0.3 is 25.0 Å². The van der Waals surface area contributed by atoms with Crippen molar-refractivity contribution >= 4 is 50.0 Å². The quantitative estimate of drug-likeness (QED) is 0.180. The number of halogens is 3. The molecular weight excluding hydrogens is 674 g/mol. The summed E-state index contributed by atoms with van der Waals surface area (Å²) in [5.41, 5.74) is -0.171. The predicted octanol–water partition coefficient (Wildman–Crippen LogP) is 6.47. The van der Waals surface area contributed by atoms with E-state index in [4.69, 9.17) is 9.47 Å². The number of aromatic nitrogens is 2. The first-order valence-electron chi connectivity index (χ1n) is 15.5. The predicted molar refractivity (Wildman–Crippen MR) is 180 cm³/mol. The number of hydrogen-bond donors (Lipinski definition) is 2. The highest BCUT2D eigenvalue weighted by molar-refractivity contribution is 9.10. The molecule has 2 fully saturated rings. The van der Waals surface area contributed by atoms with Gasteiger partial charge in [-0.25, -0.2) is 13.8 Å². The van der Waals surface area contributed by atoms with Gasteiger partial charge in [-0.1, -0.05) is 13.8 Å². The average molecular weight is 712 g/mol. The second-order valence-corrected chi connectivity index (χ2v) is 12.0. The highest BCUT2D eigenvalue weighted by Gasteiger charge is 2.56. The number of fused-ring (bicyclic) bond motifs is 1. The number of carbonyl (C=O) groups is 2. The molecule has 2 N–H and O–H groups in total. The molecule has 0 spiro atoms. The van der Waals surface area contributed by atoms with Crippen molar-refractivity contribution in [1.29, 1.82) is 0 Å². The number of piperazine rings is 1. The SMILES string of the molecule is CC.CN1CCN(CCOc2ncc3c(Oc4ccc(NC(=O)C5(C(=O)Nc6ccc(F)cc6)CC5)cc4F)ccnc3c2Br)CC1. The summed E-state index contributed by atoms with van der Waals surface area (Å²) in [5.74, 6) is -1.52. The summed E-state index contributed by atoms with van der Waals surface area (Å²) in [6.45, 7) is 9.32. The molecule has 10 nitrogen and oxygen atoms in total. The van der Waals surface area contributed by atoms with Gasteiger partial charge >= 0.3 is 0 Å². The lowest BCUT2D eigenvalue weighted by Gasteiger charge is -2.32. The van der Waals surface area contributed by atoms with E-state index in [0.29, 0.717) is 52.1 Å². The fourth-order valence-electron chi connectivity index (χ4n) is 5.07. The van der Waals surface area contributed by atoms with E-state index in [0.717, 1.165) is 38.8 Å². The van der Waals surface area contributed by atoms with Crippen LogP contribution in [0.25, 0.3) is 10.9 Å². The lowest BCUT2D eigenvalue weighted by Crippen LogP contribution is -2.45. The van der Waals surface area contributed by atoms with Gasteiger partial charge in [-0.2, -0.15) is 0 Å². The number of hydrogen-bond acceptors (Lipinski definition) is 8. The van der Waals surface area contributed by atoms with E-state index in [9.17, 15) is 14.0 Å². The summed E-state index contributed by atoms with van der Waals surface area (Å²) < 4.78 is 40.8. The first-order valence-corrected chi connectivity index (χ1v) is 16.3. The van der Waals surface area contributed by atoms with Crippen LogP contribution in [0.3, 0.4) is 0 Å². The lowest BCUT2D eigenvalue weighted by atomic mass is 10.0. The van der Waals surface area contributed by atoms with E-state index in [1.54, 1.807) is 18.5 Å². The van der Waals surface area contributed by atoms with E-state index >= 15 is 4.39 Å². The van der Waals surface area contributed by atoms with Crippen LogP contribution in [0.4, 0.5) is 20.2 Å². The molecule has 1 aliphatic carbocycles. The number of benzene rings is 2. The highest BCUT2D eigenvalue weighted by Crippen LogP contribution is 2.47. The number of carbonyl (C=O) groups excluding carboxylic acids is 2. The van der Waals surface area contributed by atoms with Gasteiger partial charge in [0.05, 0.1) is 10.9 Å². The van der Waals surface area contributed by atoms with Gasteiger partial charge in [0.1, 0.15) is 28.1 Å². The Kier molecular flexibility index (Phi) is 11.0. The van der Waals surface area contributed by atoms with Crippen LogP contribution in [0, 0.1) is 17.0 Å². The standard InChI is InChI=1S/C32H31BrF2N6O4.C2H6/c1-40-12-14-41(15-13-40)16-17-44-29-27(33)28-23(19-37-29)25(8-11-36-28)45-26-7-6-22(18-24(26)35)39-31(43)32(9-10-32)30(42)38-21-4-2-20(34)3-5-21;1-2/h2-8,11,18-19H,9-10,12-17H2,1H3,(H,38,42)(H,39,43);1-2H3. The molecule has 4 aromatic rings. The van der Waals surface area contributed by atoms with Gasteiger partial charge in [0.2, 0.25) is 17.7 Å². The van der Waals surface area contributed by atoms with Crippen molar-refractivity contribution < 1.29 is 27.8 Å². The molecular formula is C34H37BrF2N6O4. The molecule has 1 saturated heterocycles. The number of pyridine rings is 2. The van der Waals surface area contributed by atoms with Crippen molar-refractivity contribution in [3.63, 3.8) is 0 Å². The van der Waals surface area contributed by atoms with Gasteiger partial charge in [0.25, 0.3) is 0 Å². The number of ether oxygens (including phenoxy) is 2. The molecule has 2 aliphatic rings. The zero-order valence-corrected chi connectivity index (χ0v) is 28.1. The van der Waals surface area contributed by atoms with Crippen molar-refractivity contribution in [2.45, 2.75) is 26.7 Å². The fraction of sp³-hybridized carbons (Fsp3) is 0.353. The van der Waals surface area contributed by atoms with Crippen molar-refractivity contribution in [3.05, 3.63) is 77.0 Å². The van der Waals surface area contributed by atoms with Crippen LogP contribution in [0.1, 0.15) is 26.7 Å². The maximum absolute atomic E-state index is 15.2. The van der Waals surface area contributed by atoms with Crippen molar-refractivity contribution in [2.24, 2.45) is 5.41 Å². The summed E-state index contributed by atoms with van der Waals surface area (Å²) in [6.07, 6.45) is 3.82. The van der Waals surface area contributed by atoms with E-state index < -0.39 is 28.9 Å². The second-order valence-electron chi connectivity index (χ2n) is 11.2. The molecule has 0 atom stereocenters. The topological polar surface area (TPSA) is 109 Å². The largest absolute Gasteiger partial charge is 0.475 e. The summed E-state index contributed by atoms with van der Waals surface area (Å²) in [5, 5.41) is 5.83. The van der Waals surface area contributed by atoms with Gasteiger partial charge in [0, 0.05) is 62.6 Å². The maximum Gasteiger partial charge on any atom is 0.240 e. The molecule has 47 heavy (non-hydrogen) atoms. The molecule has 1 saturated carbocycles. The van der Waals surface area contributed by atoms with E-state index in [1.807, 2.05) is 13.8 Å². The summed E-state index contributed by atoms with van der Waals surface area (Å²) in [6, 6.07) is 10.9. The number of anilines is 2. The minimum Gasteiger partial charge on any atom is -0.475 e. The summed E-state index contributed by atoms with van der Waals surface area (Å²) in [4.78, 5) is 39.4. The van der Waals surface area contributed by atoms with E-state index in [-0.39, 0.29) is 11.4 Å². The van der Waals surface area contributed by atoms with Gasteiger partial charge in [-0.15, -0.1) is 0 Å². The van der Waals surface area contributed by atoms with Crippen LogP contribution in [0.5, 0.6) is 17.4 Å². The molecule has 0 unspecified atom stereocenters. The normalized spacial score (nSPS) is 15.7. The molecule has 2 amide bonds. The Morgan fingerprint density at radius 1 is 0.915 bits per heavy atom. The molecule has 6 rings (SSSR count). The third-order valence-corrected chi connectivity index (χ3v) is 8.74. The Labute approximate surface area is 280 Å². The number of rotatable bonds is 10. The van der Waals surface area contributed by atoms with Crippen molar-refractivity contribution in [3.8, 4) is 17.4 Å². The smallest absolute Gasteiger partial charge is 0.240 e. The van der Waals surface area contributed by atoms with Crippen LogP contribution in [-0.2, 0) is 9.59 Å². The molecule has 0 bridgehead atoms. The second kappa shape index (κ2) is 15.1. The average Bonchev–Trinajstić information content (AvgIpc) is 3.89. The van der Waals surface area contributed by atoms with Crippen LogP contribution in [0.15, 0.2) is 65.4 Å². The van der Waals surface area contributed by atoms with Crippen molar-refractivity contribution in [2.75, 3.05) is 57.0 Å². The molecule has 0 radical (unpaired) electrons. The van der Waals surface area contributed by atoms with Crippen molar-refractivity contribution in [1.82, 2.24) is 19.8 Å². The molecule has 2 aromatic heterocycles. The van der Waals surface area contributed by atoms with Crippen LogP contribution < -0.4 is 20.1 Å². The van der Waals surface area contributed by atoms with Crippen LogP contribution in [-0.4, -0.2) is 78.0 Å². The Balaban J connectivity index is 0.00000213. The van der Waals surface area contributed by atoms with E-state index in [1.165, 1.54) is 36.4 Å². The minimum atomic E-state index is -1.27. The fourth-order valence-corrected chi connectivity index (χ4v) is 5.60. The number of amides is 2. The van der Waals surface area contributed by atoms with Crippen LogP contribution >= 0.6 is 15.9 Å². The Morgan fingerprint density at radius 3 is 2.23 bits per heavy atom. The third kappa shape index (κ3) is 8.03. The van der Waals surface area contributed by atoms with Crippen LogP contribution in [0.2, 0.25) is 0 Å². The van der Waals surface area contributed by atoms with Gasteiger partial charge in [-0.3, -0.25) is 19.5 Å². The summed E-state index contributed by atoms with van der Waals surface area (Å²) in [7, 11) is 2.12. The number of nitrogens with one attached hydrogen (secondary N) is 2. The first-order chi connectivity index (χ1) is 22.7. The molecule has 3 heterocycles. The third-order valence-electron chi connectivity index (χ3n) is 8.03. The Bertz CT molecular complexity index is 1730. The first kappa shape index (κ1) is 34.1. The Hall–Kier alpha value is -4.20. The molecule has 13 heteroatoms. The maximum atomic E-state index is 15.2. The molecule has 248 valence electrons. The zero-order valence-electron chi connectivity index (χ0n) is 26.5. The van der Waals surface area contributed by atoms with Gasteiger partial charge in [-0.05, 0) is 78.3 Å². The minimum absolute atomic E-state index is 0.0701. The zero-order chi connectivity index (χ0) is 33.6. The molecule has 1 aliphatic heterocycles. The van der Waals surface area contributed by atoms with E-state index in [2.05, 4.69) is 53.4 Å².